The van der Waals surface area contributed by atoms with Crippen molar-refractivity contribution in [1.82, 2.24) is 4.98 Å². The lowest BCUT2D eigenvalue weighted by atomic mass is 10.1. The molecule has 0 amide bonds. The Kier molecular flexibility index (Phi) is 4.80. The summed E-state index contributed by atoms with van der Waals surface area (Å²) in [7, 11) is 1.67. The summed E-state index contributed by atoms with van der Waals surface area (Å²) in [4.78, 5) is 4.27. The Morgan fingerprint density at radius 1 is 1.21 bits per heavy atom. The highest BCUT2D eigenvalue weighted by atomic mass is 79.9. The Bertz CT molecular complexity index is 540. The fourth-order valence-electron chi connectivity index (χ4n) is 1.76. The van der Waals surface area contributed by atoms with Crippen LogP contribution in [0.4, 0.5) is 0 Å². The zero-order valence-corrected chi connectivity index (χ0v) is 12.6. The predicted octanol–water partition coefficient (Wildman–Crippen LogP) is 3.87. The molecule has 0 aliphatic rings. The molecule has 0 saturated heterocycles. The first-order chi connectivity index (χ1) is 9.22. The van der Waals surface area contributed by atoms with Gasteiger partial charge in [0.2, 0.25) is 0 Å². The van der Waals surface area contributed by atoms with Gasteiger partial charge in [0.1, 0.15) is 18.1 Å². The van der Waals surface area contributed by atoms with Gasteiger partial charge in [-0.1, -0.05) is 27.6 Å². The fourth-order valence-corrected chi connectivity index (χ4v) is 2.09. The molecule has 0 radical (unpaired) electrons. The van der Waals surface area contributed by atoms with E-state index in [1.165, 1.54) is 5.56 Å². The average molecular weight is 322 g/mol. The summed E-state index contributed by atoms with van der Waals surface area (Å²) in [5.74, 6) is 1.60. The van der Waals surface area contributed by atoms with Gasteiger partial charge in [0, 0.05) is 10.9 Å². The van der Waals surface area contributed by atoms with Gasteiger partial charge < -0.3 is 9.47 Å². The van der Waals surface area contributed by atoms with Crippen LogP contribution in [0.3, 0.4) is 0 Å². The molecule has 100 valence electrons. The lowest BCUT2D eigenvalue weighted by Crippen LogP contribution is -2.00. The van der Waals surface area contributed by atoms with Crippen LogP contribution in [0.5, 0.6) is 11.5 Å². The second-order valence-corrected chi connectivity index (χ2v) is 4.78. The molecule has 4 heteroatoms. The highest BCUT2D eigenvalue weighted by Crippen LogP contribution is 2.21. The molecule has 1 aromatic carbocycles. The largest absolute Gasteiger partial charge is 0.496 e. The fraction of sp³-hybridized carbons (Fsp3) is 0.267. The maximum atomic E-state index is 5.73. The van der Waals surface area contributed by atoms with E-state index in [0.717, 1.165) is 28.1 Å². The second kappa shape index (κ2) is 6.57. The van der Waals surface area contributed by atoms with Gasteiger partial charge in [-0.3, -0.25) is 4.98 Å². The number of halogens is 1. The maximum Gasteiger partial charge on any atom is 0.138 e. The molecule has 0 aliphatic carbocycles. The van der Waals surface area contributed by atoms with Crippen LogP contribution in [-0.2, 0) is 11.9 Å². The summed E-state index contributed by atoms with van der Waals surface area (Å²) in [6.07, 6.45) is 1.73. The maximum absolute atomic E-state index is 5.73. The van der Waals surface area contributed by atoms with Crippen LogP contribution in [0.15, 0.2) is 36.5 Å². The Hall–Kier alpha value is -1.55. The molecular weight excluding hydrogens is 306 g/mol. The van der Waals surface area contributed by atoms with Crippen molar-refractivity contribution in [2.75, 3.05) is 7.11 Å². The van der Waals surface area contributed by atoms with Gasteiger partial charge in [-0.2, -0.15) is 0 Å². The van der Waals surface area contributed by atoms with Crippen molar-refractivity contribution in [3.63, 3.8) is 0 Å². The molecule has 1 aromatic heterocycles. The van der Waals surface area contributed by atoms with Gasteiger partial charge in [-0.05, 0) is 31.2 Å². The van der Waals surface area contributed by atoms with E-state index in [-0.39, 0.29) is 0 Å². The van der Waals surface area contributed by atoms with Crippen molar-refractivity contribution in [2.45, 2.75) is 18.9 Å². The van der Waals surface area contributed by atoms with E-state index >= 15 is 0 Å². The summed E-state index contributed by atoms with van der Waals surface area (Å²) in [6, 6.07) is 9.91. The summed E-state index contributed by atoms with van der Waals surface area (Å²) in [5, 5.41) is 0.749. The predicted molar refractivity (Wildman–Crippen MR) is 78.9 cm³/mol. The van der Waals surface area contributed by atoms with E-state index in [1.54, 1.807) is 13.3 Å². The molecule has 1 heterocycles. The van der Waals surface area contributed by atoms with Crippen molar-refractivity contribution in [1.29, 1.82) is 0 Å². The number of nitrogens with zero attached hydrogens (tertiary/aromatic N) is 1. The molecule has 0 fully saturated rings. The second-order valence-electron chi connectivity index (χ2n) is 4.22. The molecule has 2 aromatic rings. The first kappa shape index (κ1) is 13.9. The quantitative estimate of drug-likeness (QED) is 0.783. The molecule has 0 spiro atoms. The molecule has 0 bridgehead atoms. The lowest BCUT2D eigenvalue weighted by Gasteiger charge is -2.11. The van der Waals surface area contributed by atoms with E-state index in [1.807, 2.05) is 24.3 Å². The number of hydrogen-bond donors (Lipinski definition) is 0. The van der Waals surface area contributed by atoms with Gasteiger partial charge in [0.15, 0.2) is 0 Å². The van der Waals surface area contributed by atoms with Crippen LogP contribution >= 0.6 is 15.9 Å². The van der Waals surface area contributed by atoms with Crippen molar-refractivity contribution in [3.05, 3.63) is 53.3 Å². The van der Waals surface area contributed by atoms with Crippen molar-refractivity contribution >= 4 is 15.9 Å². The van der Waals surface area contributed by atoms with Crippen LogP contribution in [0, 0.1) is 6.92 Å². The number of benzene rings is 1. The van der Waals surface area contributed by atoms with E-state index in [2.05, 4.69) is 33.9 Å². The number of aromatic nitrogens is 1. The van der Waals surface area contributed by atoms with E-state index in [4.69, 9.17) is 9.47 Å². The third-order valence-electron chi connectivity index (χ3n) is 2.76. The van der Waals surface area contributed by atoms with Crippen LogP contribution in [0.25, 0.3) is 0 Å². The molecule has 0 saturated carbocycles. The summed E-state index contributed by atoms with van der Waals surface area (Å²) in [6.45, 7) is 2.52. The van der Waals surface area contributed by atoms with Gasteiger partial charge >= 0.3 is 0 Å². The highest BCUT2D eigenvalue weighted by molar-refractivity contribution is 9.08. The first-order valence-electron chi connectivity index (χ1n) is 6.00. The van der Waals surface area contributed by atoms with Crippen molar-refractivity contribution in [2.24, 2.45) is 0 Å². The molecule has 3 nitrogen and oxygen atoms in total. The topological polar surface area (TPSA) is 31.4 Å². The SMILES string of the molecule is COc1ccc(C)cc1COc1ccc(CBr)nc1. The number of alkyl halides is 1. The van der Waals surface area contributed by atoms with E-state index < -0.39 is 0 Å². The number of ether oxygens (including phenoxy) is 2. The number of pyridine rings is 1. The number of rotatable bonds is 5. The zero-order chi connectivity index (χ0) is 13.7. The van der Waals surface area contributed by atoms with Gasteiger partial charge in [0.25, 0.3) is 0 Å². The van der Waals surface area contributed by atoms with Crippen LogP contribution < -0.4 is 9.47 Å². The Morgan fingerprint density at radius 2 is 2.05 bits per heavy atom. The molecule has 0 N–H and O–H groups in total. The third kappa shape index (κ3) is 3.70. The number of methoxy groups -OCH3 is 1. The average Bonchev–Trinajstić information content (AvgIpc) is 2.46. The Labute approximate surface area is 121 Å². The zero-order valence-electron chi connectivity index (χ0n) is 11.0. The van der Waals surface area contributed by atoms with Crippen LogP contribution in [-0.4, -0.2) is 12.1 Å². The third-order valence-corrected chi connectivity index (χ3v) is 3.34. The van der Waals surface area contributed by atoms with Crippen molar-refractivity contribution < 1.29 is 9.47 Å². The number of aryl methyl sites for hydroxylation is 1. The molecule has 0 unspecified atom stereocenters. The van der Waals surface area contributed by atoms with Crippen LogP contribution in [0.2, 0.25) is 0 Å². The first-order valence-corrected chi connectivity index (χ1v) is 7.12. The van der Waals surface area contributed by atoms with Gasteiger partial charge in [-0.25, -0.2) is 0 Å². The normalized spacial score (nSPS) is 10.3. The monoisotopic (exact) mass is 321 g/mol. The smallest absolute Gasteiger partial charge is 0.138 e. The standard InChI is InChI=1S/C15H16BrNO2/c1-11-3-6-15(18-2)12(7-11)10-19-14-5-4-13(8-16)17-9-14/h3-7,9H,8,10H2,1-2H3. The van der Waals surface area contributed by atoms with E-state index in [9.17, 15) is 0 Å². The van der Waals surface area contributed by atoms with E-state index in [0.29, 0.717) is 6.61 Å². The minimum atomic E-state index is 0.472. The molecule has 0 atom stereocenters. The molecule has 2 rings (SSSR count). The van der Waals surface area contributed by atoms with Gasteiger partial charge in [0.05, 0.1) is 19.0 Å². The minimum Gasteiger partial charge on any atom is -0.496 e. The highest BCUT2D eigenvalue weighted by Gasteiger charge is 2.04. The number of hydrogen-bond acceptors (Lipinski definition) is 3. The lowest BCUT2D eigenvalue weighted by molar-refractivity contribution is 0.295. The van der Waals surface area contributed by atoms with Gasteiger partial charge in [-0.15, -0.1) is 0 Å². The molecular formula is C15H16BrNO2. The van der Waals surface area contributed by atoms with Crippen LogP contribution in [0.1, 0.15) is 16.8 Å². The summed E-state index contributed by atoms with van der Waals surface area (Å²) in [5.41, 5.74) is 3.21. The Balaban J connectivity index is 2.07. The molecule has 19 heavy (non-hydrogen) atoms. The summed E-state index contributed by atoms with van der Waals surface area (Å²) >= 11 is 3.36. The molecule has 0 aliphatic heterocycles. The van der Waals surface area contributed by atoms with Crippen molar-refractivity contribution in [3.8, 4) is 11.5 Å². The Morgan fingerprint density at radius 3 is 2.68 bits per heavy atom. The summed E-state index contributed by atoms with van der Waals surface area (Å²) < 4.78 is 11.1. The minimum absolute atomic E-state index is 0.472.